The van der Waals surface area contributed by atoms with Crippen molar-refractivity contribution in [3.63, 3.8) is 0 Å². The van der Waals surface area contributed by atoms with Gasteiger partial charge in [-0.3, -0.25) is 9.59 Å². The number of halogens is 1. The van der Waals surface area contributed by atoms with E-state index in [2.05, 4.69) is 0 Å². The number of Topliss-reactive ketones (excluding diaryl/α,β-unsaturated/α-hetero) is 2. The minimum Gasteiger partial charge on any atom is -0.294 e. The van der Waals surface area contributed by atoms with Crippen LogP contribution in [0.5, 0.6) is 0 Å². The highest BCUT2D eigenvalue weighted by molar-refractivity contribution is 6.37. The van der Waals surface area contributed by atoms with Gasteiger partial charge < -0.3 is 0 Å². The number of benzene rings is 1. The Balaban J connectivity index is 2.02. The van der Waals surface area contributed by atoms with E-state index in [-0.39, 0.29) is 17.1 Å². The summed E-state index contributed by atoms with van der Waals surface area (Å²) in [5.41, 5.74) is 1.35. The molecule has 0 saturated carbocycles. The zero-order valence-corrected chi connectivity index (χ0v) is 10.9. The molecule has 0 N–H and O–H groups in total. The molecule has 0 fully saturated rings. The summed E-state index contributed by atoms with van der Waals surface area (Å²) in [7, 11) is 0. The van der Waals surface area contributed by atoms with Gasteiger partial charge in [0.2, 0.25) is 0 Å². The summed E-state index contributed by atoms with van der Waals surface area (Å²) in [5.74, 6) is -0.210. The lowest BCUT2D eigenvalue weighted by Crippen LogP contribution is -2.18. The molecule has 2 nitrogen and oxygen atoms in total. The molecule has 94 valence electrons. The van der Waals surface area contributed by atoms with Gasteiger partial charge in [-0.15, -0.1) is 0 Å². The molecule has 18 heavy (non-hydrogen) atoms. The van der Waals surface area contributed by atoms with Crippen molar-refractivity contribution in [2.75, 3.05) is 0 Å². The van der Waals surface area contributed by atoms with E-state index >= 15 is 0 Å². The van der Waals surface area contributed by atoms with Crippen molar-refractivity contribution in [2.24, 2.45) is 0 Å². The van der Waals surface area contributed by atoms with Crippen LogP contribution in [0, 0.1) is 0 Å². The molecule has 3 heteroatoms. The minimum atomic E-state index is -0.117. The van der Waals surface area contributed by atoms with E-state index < -0.39 is 0 Å². The highest BCUT2D eigenvalue weighted by atomic mass is 35.5. The molecular formula is C15H15ClO2. The van der Waals surface area contributed by atoms with E-state index in [1.165, 1.54) is 0 Å². The van der Waals surface area contributed by atoms with Crippen molar-refractivity contribution in [1.82, 2.24) is 0 Å². The Kier molecular flexibility index (Phi) is 4.32. The second-order valence-corrected chi connectivity index (χ2v) is 4.92. The first-order valence-corrected chi connectivity index (χ1v) is 6.55. The minimum absolute atomic E-state index is 0.0932. The molecule has 2 rings (SSSR count). The summed E-state index contributed by atoms with van der Waals surface area (Å²) in [5, 5.41) is 0.448. The van der Waals surface area contributed by atoms with E-state index in [1.54, 1.807) is 0 Å². The Hall–Kier alpha value is -1.41. The maximum absolute atomic E-state index is 12.0. The normalized spacial score (nSPS) is 15.9. The average Bonchev–Trinajstić information content (AvgIpc) is 2.37. The number of hydrogen-bond donors (Lipinski definition) is 0. The van der Waals surface area contributed by atoms with Crippen molar-refractivity contribution in [1.29, 1.82) is 0 Å². The maximum Gasteiger partial charge on any atom is 0.167 e. The zero-order chi connectivity index (χ0) is 13.0. The fraction of sp³-hybridized carbons (Fsp3) is 0.333. The number of rotatable bonds is 4. The van der Waals surface area contributed by atoms with E-state index in [9.17, 15) is 9.59 Å². The van der Waals surface area contributed by atoms with Crippen molar-refractivity contribution in [3.05, 3.63) is 46.5 Å². The summed E-state index contributed by atoms with van der Waals surface area (Å²) in [6.07, 6.45) is 2.86. The molecule has 0 spiro atoms. The van der Waals surface area contributed by atoms with E-state index in [4.69, 9.17) is 11.6 Å². The van der Waals surface area contributed by atoms with Gasteiger partial charge in [-0.2, -0.15) is 0 Å². The first-order chi connectivity index (χ1) is 8.68. The molecule has 0 unspecified atom stereocenters. The number of carbonyl (C=O) groups is 2. The Morgan fingerprint density at radius 2 is 1.89 bits per heavy atom. The van der Waals surface area contributed by atoms with Gasteiger partial charge in [0, 0.05) is 17.9 Å². The number of allylic oxidation sites excluding steroid dienone is 2. The Bertz CT molecular complexity index is 488. The Morgan fingerprint density at radius 1 is 1.17 bits per heavy atom. The molecule has 0 aromatic heterocycles. The van der Waals surface area contributed by atoms with Gasteiger partial charge in [-0.05, 0) is 24.8 Å². The lowest BCUT2D eigenvalue weighted by Gasteiger charge is -2.13. The zero-order valence-electron chi connectivity index (χ0n) is 10.1. The molecular weight excluding hydrogens is 248 g/mol. The van der Waals surface area contributed by atoms with Crippen LogP contribution in [0.2, 0.25) is 0 Å². The number of hydrogen-bond acceptors (Lipinski definition) is 2. The molecule has 1 aromatic carbocycles. The van der Waals surface area contributed by atoms with Crippen molar-refractivity contribution in [2.45, 2.75) is 32.1 Å². The average molecular weight is 263 g/mol. The van der Waals surface area contributed by atoms with Crippen LogP contribution >= 0.6 is 11.6 Å². The molecule has 0 atom stereocenters. The van der Waals surface area contributed by atoms with Crippen molar-refractivity contribution in [3.8, 4) is 0 Å². The van der Waals surface area contributed by atoms with Gasteiger partial charge in [-0.1, -0.05) is 41.9 Å². The van der Waals surface area contributed by atoms with E-state index in [1.807, 2.05) is 30.3 Å². The van der Waals surface area contributed by atoms with Crippen LogP contribution in [-0.2, 0) is 16.0 Å². The Morgan fingerprint density at radius 3 is 2.56 bits per heavy atom. The van der Waals surface area contributed by atoms with Crippen LogP contribution in [0.1, 0.15) is 31.2 Å². The van der Waals surface area contributed by atoms with Crippen LogP contribution in [0.3, 0.4) is 0 Å². The van der Waals surface area contributed by atoms with Gasteiger partial charge >= 0.3 is 0 Å². The maximum atomic E-state index is 12.0. The molecule has 0 radical (unpaired) electrons. The van der Waals surface area contributed by atoms with Crippen LogP contribution in [0.25, 0.3) is 0 Å². The molecule has 0 amide bonds. The molecule has 0 heterocycles. The van der Waals surface area contributed by atoms with Crippen molar-refractivity contribution >= 4 is 23.2 Å². The predicted octanol–water partition coefficient (Wildman–Crippen LogP) is 3.43. The van der Waals surface area contributed by atoms with Crippen molar-refractivity contribution < 1.29 is 9.59 Å². The van der Waals surface area contributed by atoms with E-state index in [0.29, 0.717) is 30.7 Å². The van der Waals surface area contributed by atoms with Crippen LogP contribution in [-0.4, -0.2) is 11.6 Å². The first-order valence-electron chi connectivity index (χ1n) is 6.17. The van der Waals surface area contributed by atoms with E-state index in [0.717, 1.165) is 12.0 Å². The van der Waals surface area contributed by atoms with Crippen LogP contribution in [0.15, 0.2) is 40.9 Å². The monoisotopic (exact) mass is 262 g/mol. The summed E-state index contributed by atoms with van der Waals surface area (Å²) in [6.45, 7) is 0. The predicted molar refractivity (Wildman–Crippen MR) is 71.5 cm³/mol. The van der Waals surface area contributed by atoms with Gasteiger partial charge in [0.15, 0.2) is 11.6 Å². The highest BCUT2D eigenvalue weighted by Crippen LogP contribution is 2.26. The lowest BCUT2D eigenvalue weighted by molar-refractivity contribution is -0.121. The summed E-state index contributed by atoms with van der Waals surface area (Å²) in [4.78, 5) is 23.7. The smallest absolute Gasteiger partial charge is 0.167 e. The second kappa shape index (κ2) is 5.96. The summed E-state index contributed by atoms with van der Waals surface area (Å²) < 4.78 is 0. The third-order valence-corrected chi connectivity index (χ3v) is 3.49. The quantitative estimate of drug-likeness (QED) is 0.779. The molecule has 0 saturated heterocycles. The van der Waals surface area contributed by atoms with Crippen LogP contribution in [0.4, 0.5) is 0 Å². The fourth-order valence-electron chi connectivity index (χ4n) is 2.14. The molecule has 0 bridgehead atoms. The standard InChI is InChI=1S/C15H15ClO2/c16-12-7-4-8-13(17)15(12)14(18)10-9-11-5-2-1-3-6-11/h1-3,5-6H,4,7-10H2. The van der Waals surface area contributed by atoms with Gasteiger partial charge in [0.1, 0.15) is 0 Å². The number of carbonyl (C=O) groups excluding carboxylic acids is 2. The number of aryl methyl sites for hydroxylation is 1. The topological polar surface area (TPSA) is 34.1 Å². The molecule has 1 aliphatic rings. The third-order valence-electron chi connectivity index (χ3n) is 3.11. The largest absolute Gasteiger partial charge is 0.294 e. The van der Waals surface area contributed by atoms with Gasteiger partial charge in [0.25, 0.3) is 0 Å². The number of ketones is 2. The first kappa shape index (κ1) is 13.0. The molecule has 1 aromatic rings. The summed E-state index contributed by atoms with van der Waals surface area (Å²) >= 11 is 5.99. The SMILES string of the molecule is O=C1CCCC(Cl)=C1C(=O)CCc1ccccc1. The lowest BCUT2D eigenvalue weighted by atomic mass is 9.92. The second-order valence-electron chi connectivity index (χ2n) is 4.47. The van der Waals surface area contributed by atoms with Gasteiger partial charge in [-0.25, -0.2) is 0 Å². The summed E-state index contributed by atoms with van der Waals surface area (Å²) in [6, 6.07) is 9.78. The van der Waals surface area contributed by atoms with Crippen LogP contribution < -0.4 is 0 Å². The third kappa shape index (κ3) is 3.08. The Labute approximate surface area is 112 Å². The fourth-order valence-corrected chi connectivity index (χ4v) is 2.48. The van der Waals surface area contributed by atoms with Gasteiger partial charge in [0.05, 0.1) is 5.57 Å². The molecule has 0 aliphatic heterocycles. The highest BCUT2D eigenvalue weighted by Gasteiger charge is 2.24. The molecule has 1 aliphatic carbocycles.